The molecule has 2 aromatic rings. The third-order valence-electron chi connectivity index (χ3n) is 6.68. The van der Waals surface area contributed by atoms with Crippen molar-refractivity contribution in [2.75, 3.05) is 13.2 Å². The molecule has 1 aromatic heterocycles. The van der Waals surface area contributed by atoms with E-state index in [-0.39, 0.29) is 17.4 Å². The number of nitrogens with zero attached hydrogens (tertiary/aromatic N) is 1. The average molecular weight is 452 g/mol. The minimum atomic E-state index is -4.94. The van der Waals surface area contributed by atoms with Gasteiger partial charge in [-0.3, -0.25) is 0 Å². The van der Waals surface area contributed by atoms with Gasteiger partial charge in [0, 0.05) is 30.9 Å². The molecule has 0 spiro atoms. The van der Waals surface area contributed by atoms with Crippen LogP contribution in [0.2, 0.25) is 0 Å². The summed E-state index contributed by atoms with van der Waals surface area (Å²) >= 11 is 0. The van der Waals surface area contributed by atoms with E-state index in [1.165, 1.54) is 16.8 Å². The number of pyridine rings is 1. The van der Waals surface area contributed by atoms with Crippen LogP contribution < -0.4 is 23.2 Å². The fourth-order valence-electron chi connectivity index (χ4n) is 5.78. The van der Waals surface area contributed by atoms with E-state index in [4.69, 9.17) is 28.1 Å². The molecule has 7 nitrogen and oxygen atoms in total. The van der Waals surface area contributed by atoms with Gasteiger partial charge in [-0.25, -0.2) is 18.6 Å². The quantitative estimate of drug-likeness (QED) is 0.445. The Kier molecular flexibility index (Phi) is 7.08. The molecule has 0 unspecified atom stereocenters. The fraction of sp³-hybridized carbons (Fsp3) is 0.522. The highest BCUT2D eigenvalue weighted by Gasteiger charge is 2.72. The van der Waals surface area contributed by atoms with Gasteiger partial charge in [0.1, 0.15) is 5.92 Å². The maximum absolute atomic E-state index is 8.49. The van der Waals surface area contributed by atoms with Crippen molar-refractivity contribution in [3.8, 4) is 0 Å². The van der Waals surface area contributed by atoms with E-state index in [0.29, 0.717) is 13.2 Å². The highest BCUT2D eigenvalue weighted by Crippen LogP contribution is 2.64. The topological polar surface area (TPSA) is 115 Å². The summed E-state index contributed by atoms with van der Waals surface area (Å²) in [5.74, 6) is -0.537. The Morgan fingerprint density at radius 3 is 1.87 bits per heavy atom. The monoisotopic (exact) mass is 451 g/mol. The second-order valence-corrected chi connectivity index (χ2v) is 8.53. The van der Waals surface area contributed by atoms with Crippen molar-refractivity contribution in [2.24, 2.45) is 5.41 Å². The average Bonchev–Trinajstić information content (AvgIpc) is 2.73. The first kappa shape index (κ1) is 24.1. The van der Waals surface area contributed by atoms with Gasteiger partial charge in [0.2, 0.25) is 0 Å². The minimum Gasteiger partial charge on any atom is -0.348 e. The van der Waals surface area contributed by atoms with Crippen molar-refractivity contribution in [1.82, 2.24) is 0 Å². The van der Waals surface area contributed by atoms with E-state index in [1.54, 1.807) is 0 Å². The minimum absolute atomic E-state index is 0.0877. The van der Waals surface area contributed by atoms with Crippen molar-refractivity contribution in [3.05, 3.63) is 65.5 Å². The standard InChI is InChI=1S/C23H30NO2.ClHO4/c1-5-22(6-2)21-18-14-10-9-13-17(18)20(19-15-11-12-16-24(19)21)23(22,25-7-3)26-8-4;2-1(3,4)5/h9-16,20-21H,5-8H2,1-4H3;(H,2,3,4,5)/q+1;/p-1/t20-,21-;/m0./s1. The Balaban J connectivity index is 0.000000491. The molecule has 8 heteroatoms. The zero-order chi connectivity index (χ0) is 22.9. The van der Waals surface area contributed by atoms with Gasteiger partial charge in [0.25, 0.3) is 0 Å². The predicted octanol–water partition coefficient (Wildman–Crippen LogP) is -0.158. The molecule has 2 atom stereocenters. The number of hydrogen-bond acceptors (Lipinski definition) is 6. The smallest absolute Gasteiger partial charge is 0.197 e. The van der Waals surface area contributed by atoms with E-state index in [0.717, 1.165) is 12.8 Å². The highest BCUT2D eigenvalue weighted by atomic mass is 35.7. The lowest BCUT2D eigenvalue weighted by molar-refractivity contribution is -2.00. The van der Waals surface area contributed by atoms with Gasteiger partial charge in [0.15, 0.2) is 23.7 Å². The third-order valence-corrected chi connectivity index (χ3v) is 6.68. The van der Waals surface area contributed by atoms with E-state index in [9.17, 15) is 0 Å². The van der Waals surface area contributed by atoms with Crippen molar-refractivity contribution < 1.29 is 42.9 Å². The van der Waals surface area contributed by atoms with Crippen molar-refractivity contribution >= 4 is 0 Å². The van der Waals surface area contributed by atoms with Crippen molar-refractivity contribution in [2.45, 2.75) is 58.3 Å². The molecular weight excluding hydrogens is 422 g/mol. The molecule has 2 bridgehead atoms. The number of ether oxygens (including phenoxy) is 2. The van der Waals surface area contributed by atoms with Crippen LogP contribution in [-0.4, -0.2) is 19.0 Å². The highest BCUT2D eigenvalue weighted by molar-refractivity contribution is 5.46. The number of fused-ring (bicyclic) bond motifs is 1. The molecule has 0 radical (unpaired) electrons. The molecule has 0 saturated carbocycles. The number of halogens is 1. The Hall–Kier alpha value is -1.58. The van der Waals surface area contributed by atoms with Crippen LogP contribution in [0.4, 0.5) is 0 Å². The van der Waals surface area contributed by atoms with Crippen molar-refractivity contribution in [1.29, 1.82) is 0 Å². The number of benzene rings is 1. The molecule has 0 fully saturated rings. The summed E-state index contributed by atoms with van der Waals surface area (Å²) in [6, 6.07) is 15.6. The summed E-state index contributed by atoms with van der Waals surface area (Å²) < 4.78 is 49.7. The SMILES string of the molecule is CCOC1(OCC)[C@H]2c3ccccc3[C@H]([n+]3ccccc32)C1(CC)CC.[O-][Cl+3]([O-])([O-])[O-]. The van der Waals surface area contributed by atoms with Crippen LogP contribution in [0.25, 0.3) is 0 Å². The summed E-state index contributed by atoms with van der Waals surface area (Å²) in [6.07, 6.45) is 4.27. The third kappa shape index (κ3) is 3.89. The summed E-state index contributed by atoms with van der Waals surface area (Å²) in [5.41, 5.74) is 4.00. The van der Waals surface area contributed by atoms with Gasteiger partial charge in [-0.05, 0) is 32.3 Å². The summed E-state index contributed by atoms with van der Waals surface area (Å²) in [5, 5.41) is 0. The maximum Gasteiger partial charge on any atom is 0.197 e. The molecule has 1 aliphatic carbocycles. The molecule has 1 aromatic carbocycles. The van der Waals surface area contributed by atoms with Crippen LogP contribution in [0.3, 0.4) is 0 Å². The first-order valence-electron chi connectivity index (χ1n) is 10.7. The molecule has 2 aliphatic heterocycles. The van der Waals surface area contributed by atoms with E-state index >= 15 is 0 Å². The van der Waals surface area contributed by atoms with Crippen LogP contribution in [0.15, 0.2) is 48.7 Å². The zero-order valence-corrected chi connectivity index (χ0v) is 19.1. The lowest BCUT2D eigenvalue weighted by atomic mass is 9.53. The zero-order valence-electron chi connectivity index (χ0n) is 18.4. The maximum atomic E-state index is 8.49. The normalized spacial score (nSPS) is 22.2. The first-order valence-corrected chi connectivity index (χ1v) is 11.9. The second-order valence-electron chi connectivity index (χ2n) is 7.77. The molecule has 170 valence electrons. The predicted molar refractivity (Wildman–Crippen MR) is 102 cm³/mol. The summed E-state index contributed by atoms with van der Waals surface area (Å²) in [4.78, 5) is 0. The van der Waals surface area contributed by atoms with Crippen LogP contribution in [-0.2, 0) is 9.47 Å². The second kappa shape index (κ2) is 9.11. The lowest BCUT2D eigenvalue weighted by Crippen LogP contribution is -2.73. The van der Waals surface area contributed by atoms with Gasteiger partial charge in [-0.15, -0.1) is 10.2 Å². The van der Waals surface area contributed by atoms with Gasteiger partial charge in [0.05, 0.1) is 5.41 Å². The Labute approximate surface area is 185 Å². The fourth-order valence-corrected chi connectivity index (χ4v) is 5.78. The van der Waals surface area contributed by atoms with E-state index < -0.39 is 16.0 Å². The van der Waals surface area contributed by atoms with Gasteiger partial charge in [-0.1, -0.05) is 44.2 Å². The molecular formula is C23H30ClNO6. The van der Waals surface area contributed by atoms with Gasteiger partial charge >= 0.3 is 0 Å². The Bertz CT molecular complexity index is 836. The molecule has 0 saturated heterocycles. The van der Waals surface area contributed by atoms with Crippen molar-refractivity contribution in [3.63, 3.8) is 0 Å². The largest absolute Gasteiger partial charge is 0.348 e. The molecule has 0 amide bonds. The number of hydrogen-bond donors (Lipinski definition) is 0. The van der Waals surface area contributed by atoms with Gasteiger partial charge < -0.3 is 9.47 Å². The van der Waals surface area contributed by atoms with E-state index in [2.05, 4.69) is 80.9 Å². The number of rotatable bonds is 6. The summed E-state index contributed by atoms with van der Waals surface area (Å²) in [7, 11) is -4.94. The first-order chi connectivity index (χ1) is 14.7. The Morgan fingerprint density at radius 2 is 1.35 bits per heavy atom. The van der Waals surface area contributed by atoms with Crippen LogP contribution in [0.1, 0.15) is 69.3 Å². The molecule has 5 rings (SSSR count). The number of aromatic nitrogens is 1. The van der Waals surface area contributed by atoms with Crippen LogP contribution >= 0.6 is 0 Å². The summed E-state index contributed by atoms with van der Waals surface area (Å²) in [6.45, 7) is 10.1. The molecule has 0 N–H and O–H groups in total. The van der Waals surface area contributed by atoms with Crippen LogP contribution in [0.5, 0.6) is 0 Å². The van der Waals surface area contributed by atoms with Crippen LogP contribution in [0, 0.1) is 15.7 Å². The van der Waals surface area contributed by atoms with E-state index in [1.807, 2.05) is 0 Å². The lowest BCUT2D eigenvalue weighted by Gasteiger charge is -2.59. The molecule has 3 heterocycles. The Morgan fingerprint density at radius 1 is 0.839 bits per heavy atom. The van der Waals surface area contributed by atoms with Gasteiger partial charge in [-0.2, -0.15) is 4.57 Å². The molecule has 31 heavy (non-hydrogen) atoms. The molecule has 3 aliphatic rings.